The van der Waals surface area contributed by atoms with Gasteiger partial charge in [-0.1, -0.05) is 89.8 Å². The molecule has 2 amide bonds. The zero-order valence-corrected chi connectivity index (χ0v) is 26.6. The molecule has 0 aliphatic carbocycles. The average Bonchev–Trinajstić information content (AvgIpc) is 2.96. The number of carboxylic acids is 1. The fourth-order valence-corrected chi connectivity index (χ4v) is 4.48. The predicted octanol–water partition coefficient (Wildman–Crippen LogP) is 7.94. The molecule has 1 aromatic carbocycles. The molecule has 2 atom stereocenters. The van der Waals surface area contributed by atoms with Crippen molar-refractivity contribution in [2.75, 3.05) is 11.9 Å². The first-order valence-corrected chi connectivity index (χ1v) is 15.9. The Bertz CT molecular complexity index is 1050. The molecule has 240 valence electrons. The van der Waals surface area contributed by atoms with E-state index in [1.807, 2.05) is 20.8 Å². The predicted molar refractivity (Wildman–Crippen MR) is 174 cm³/mol. The van der Waals surface area contributed by atoms with Crippen molar-refractivity contribution < 1.29 is 29.3 Å². The number of anilines is 1. The van der Waals surface area contributed by atoms with E-state index in [4.69, 9.17) is 4.74 Å². The molecule has 0 bridgehead atoms. The molecule has 2 unspecified atom stereocenters. The molecule has 1 aromatic rings. The molecule has 4 N–H and O–H groups in total. The molecule has 8 nitrogen and oxygen atoms in total. The number of phenols is 1. The van der Waals surface area contributed by atoms with Crippen LogP contribution in [0.25, 0.3) is 0 Å². The van der Waals surface area contributed by atoms with Crippen LogP contribution in [-0.2, 0) is 14.3 Å². The largest absolute Gasteiger partial charge is 0.507 e. The van der Waals surface area contributed by atoms with E-state index in [0.717, 1.165) is 44.9 Å². The first kappa shape index (κ1) is 37.6. The van der Waals surface area contributed by atoms with Crippen LogP contribution in [0.5, 0.6) is 5.75 Å². The Balaban J connectivity index is 2.35. The summed E-state index contributed by atoms with van der Waals surface area (Å²) in [5, 5.41) is 24.4. The van der Waals surface area contributed by atoms with Crippen molar-refractivity contribution in [3.05, 3.63) is 60.2 Å². The lowest BCUT2D eigenvalue weighted by Gasteiger charge is -2.23. The summed E-state index contributed by atoms with van der Waals surface area (Å²) in [5.74, 6) is -2.36. The summed E-state index contributed by atoms with van der Waals surface area (Å²) < 4.78 is 5.88. The van der Waals surface area contributed by atoms with Crippen LogP contribution >= 0.6 is 0 Å². The van der Waals surface area contributed by atoms with Crippen LogP contribution in [0.2, 0.25) is 0 Å². The van der Waals surface area contributed by atoms with E-state index in [1.54, 1.807) is 0 Å². The molecule has 0 saturated carbocycles. The van der Waals surface area contributed by atoms with Crippen LogP contribution in [-0.4, -0.2) is 46.7 Å². The number of carbonyl (C=O) groups excluding carboxylic acids is 2. The Morgan fingerprint density at radius 2 is 1.49 bits per heavy atom. The second kappa shape index (κ2) is 23.1. The van der Waals surface area contributed by atoms with Gasteiger partial charge < -0.3 is 25.6 Å². The highest BCUT2D eigenvalue weighted by atomic mass is 16.5. The van der Waals surface area contributed by atoms with Crippen molar-refractivity contribution in [2.24, 2.45) is 5.92 Å². The highest BCUT2D eigenvalue weighted by Gasteiger charge is 2.26. The van der Waals surface area contributed by atoms with Crippen LogP contribution in [0.3, 0.4) is 0 Å². The summed E-state index contributed by atoms with van der Waals surface area (Å²) in [4.78, 5) is 37.3. The van der Waals surface area contributed by atoms with E-state index in [0.29, 0.717) is 19.4 Å². The fraction of sp³-hybridized carbons (Fsp3) is 0.571. The third-order valence-electron chi connectivity index (χ3n) is 6.86. The summed E-state index contributed by atoms with van der Waals surface area (Å²) in [5.41, 5.74) is -0.0916. The second-order valence-electron chi connectivity index (χ2n) is 11.2. The van der Waals surface area contributed by atoms with Crippen LogP contribution < -0.4 is 10.6 Å². The maximum atomic E-state index is 13.0. The Kier molecular flexibility index (Phi) is 20.2. The summed E-state index contributed by atoms with van der Waals surface area (Å²) in [6.07, 6.45) is 24.5. The first-order chi connectivity index (χ1) is 20.7. The van der Waals surface area contributed by atoms with E-state index >= 15 is 0 Å². The summed E-state index contributed by atoms with van der Waals surface area (Å²) in [7, 11) is 0. The van der Waals surface area contributed by atoms with E-state index < -0.39 is 29.8 Å². The van der Waals surface area contributed by atoms with E-state index in [2.05, 4.69) is 54.0 Å². The van der Waals surface area contributed by atoms with Crippen molar-refractivity contribution in [1.29, 1.82) is 0 Å². The van der Waals surface area contributed by atoms with Crippen LogP contribution in [0.1, 0.15) is 115 Å². The average molecular weight is 599 g/mol. The third-order valence-corrected chi connectivity index (χ3v) is 6.86. The Morgan fingerprint density at radius 3 is 2.12 bits per heavy atom. The molecule has 8 heteroatoms. The van der Waals surface area contributed by atoms with Gasteiger partial charge in [0.15, 0.2) is 0 Å². The van der Waals surface area contributed by atoms with Crippen molar-refractivity contribution in [2.45, 2.75) is 117 Å². The lowest BCUT2D eigenvalue weighted by atomic mass is 10.0. The fourth-order valence-electron chi connectivity index (χ4n) is 4.48. The molecular formula is C35H54N2O6. The quantitative estimate of drug-likeness (QED) is 0.0576. The number of unbranched alkanes of at least 4 members (excludes halogenated alkanes) is 6. The van der Waals surface area contributed by atoms with Gasteiger partial charge in [-0.3, -0.25) is 9.59 Å². The Hall–Kier alpha value is -3.39. The van der Waals surface area contributed by atoms with Crippen molar-refractivity contribution >= 4 is 23.5 Å². The minimum atomic E-state index is -1.30. The van der Waals surface area contributed by atoms with Gasteiger partial charge in [-0.2, -0.15) is 0 Å². The molecule has 0 radical (unpaired) electrons. The number of benzene rings is 1. The van der Waals surface area contributed by atoms with E-state index in [-0.39, 0.29) is 23.1 Å². The highest BCUT2D eigenvalue weighted by Crippen LogP contribution is 2.22. The smallest absolute Gasteiger partial charge is 0.339 e. The molecule has 0 heterocycles. The molecule has 0 fully saturated rings. The zero-order valence-electron chi connectivity index (χ0n) is 26.6. The zero-order chi connectivity index (χ0) is 31.9. The topological polar surface area (TPSA) is 125 Å². The maximum absolute atomic E-state index is 13.0. The Morgan fingerprint density at radius 1 is 0.860 bits per heavy atom. The number of allylic oxidation sites excluding steroid dienone is 6. The third kappa shape index (κ3) is 17.4. The monoisotopic (exact) mass is 598 g/mol. The summed E-state index contributed by atoms with van der Waals surface area (Å²) in [6, 6.07) is 3.00. The van der Waals surface area contributed by atoms with Crippen molar-refractivity contribution in [3.63, 3.8) is 0 Å². The van der Waals surface area contributed by atoms with Gasteiger partial charge in [-0.05, 0) is 75.5 Å². The van der Waals surface area contributed by atoms with Gasteiger partial charge >= 0.3 is 5.97 Å². The molecule has 0 saturated heterocycles. The van der Waals surface area contributed by atoms with Crippen LogP contribution in [0.15, 0.2) is 54.7 Å². The molecule has 0 aliphatic rings. The van der Waals surface area contributed by atoms with Gasteiger partial charge in [-0.15, -0.1) is 0 Å². The van der Waals surface area contributed by atoms with Crippen molar-refractivity contribution in [1.82, 2.24) is 5.32 Å². The molecule has 0 spiro atoms. The number of nitrogens with one attached hydrogen (secondary N) is 2. The maximum Gasteiger partial charge on any atom is 0.339 e. The SMILES string of the molecule is CCC=CCC=CCC=CCCCCCCCCOC(CC)C(=O)NC(CC(C)C)C(=O)Nc1ccc(O)c(C(=O)O)c1. The minimum Gasteiger partial charge on any atom is -0.507 e. The van der Waals surface area contributed by atoms with Crippen molar-refractivity contribution in [3.8, 4) is 5.75 Å². The van der Waals surface area contributed by atoms with E-state index in [9.17, 15) is 24.6 Å². The van der Waals surface area contributed by atoms with Crippen LogP contribution in [0, 0.1) is 5.92 Å². The first-order valence-electron chi connectivity index (χ1n) is 15.9. The highest BCUT2D eigenvalue weighted by molar-refractivity contribution is 5.99. The number of amides is 2. The number of carboxylic acid groups (broad SMARTS) is 1. The summed E-state index contributed by atoms with van der Waals surface area (Å²) >= 11 is 0. The standard InChI is InChI=1S/C35H54N2O6/c1-5-7-8-9-10-11-12-13-14-15-16-17-18-19-20-21-24-43-32(6-2)34(40)37-30(25-27(3)4)33(39)36-28-22-23-31(38)29(26-28)35(41)42/h7-8,10-11,13-14,22-23,26-27,30,32,38H,5-6,9,12,15-21,24-25H2,1-4H3,(H,36,39)(H,37,40)(H,41,42). The lowest BCUT2D eigenvalue weighted by Crippen LogP contribution is -2.48. The minimum absolute atomic E-state index is 0.127. The van der Waals surface area contributed by atoms with Gasteiger partial charge in [0.1, 0.15) is 23.5 Å². The lowest BCUT2D eigenvalue weighted by molar-refractivity contribution is -0.136. The van der Waals surface area contributed by atoms with Gasteiger partial charge in [-0.25, -0.2) is 4.79 Å². The van der Waals surface area contributed by atoms with E-state index in [1.165, 1.54) is 37.5 Å². The van der Waals surface area contributed by atoms with Gasteiger partial charge in [0.2, 0.25) is 11.8 Å². The number of hydrogen-bond acceptors (Lipinski definition) is 5. The normalized spacial score (nSPS) is 13.2. The second-order valence-corrected chi connectivity index (χ2v) is 11.2. The number of ether oxygens (including phenoxy) is 1. The van der Waals surface area contributed by atoms with Gasteiger partial charge in [0.05, 0.1) is 0 Å². The molecule has 0 aliphatic heterocycles. The number of hydrogen-bond donors (Lipinski definition) is 4. The van der Waals surface area contributed by atoms with Gasteiger partial charge in [0.25, 0.3) is 0 Å². The number of carbonyl (C=O) groups is 3. The molecule has 43 heavy (non-hydrogen) atoms. The number of aromatic hydroxyl groups is 1. The molecule has 0 aromatic heterocycles. The number of rotatable bonds is 23. The molecular weight excluding hydrogens is 544 g/mol. The summed E-state index contributed by atoms with van der Waals surface area (Å²) in [6.45, 7) is 8.41. The molecule has 1 rings (SSSR count). The number of aromatic carboxylic acids is 1. The van der Waals surface area contributed by atoms with Gasteiger partial charge in [0, 0.05) is 12.3 Å². The van der Waals surface area contributed by atoms with Crippen LogP contribution in [0.4, 0.5) is 5.69 Å². The Labute approximate surface area is 258 Å².